The monoisotopic (exact) mass is 247 g/mol. The number of aliphatic imine (C=N–C) groups is 1. The summed E-state index contributed by atoms with van der Waals surface area (Å²) in [6, 6.07) is 7.58. The Morgan fingerprint density at radius 3 is 2.59 bits per heavy atom. The van der Waals surface area contributed by atoms with Crippen molar-refractivity contribution in [3.8, 4) is 6.19 Å². The summed E-state index contributed by atoms with van der Waals surface area (Å²) >= 11 is 5.79. The van der Waals surface area contributed by atoms with Gasteiger partial charge in [0.1, 0.15) is 5.84 Å². The third-order valence-electron chi connectivity index (χ3n) is 1.88. The number of hydrogen-bond acceptors (Lipinski definition) is 2. The maximum absolute atomic E-state index is 8.59. The van der Waals surface area contributed by atoms with E-state index in [-0.39, 0.29) is 6.04 Å². The van der Waals surface area contributed by atoms with E-state index in [2.05, 4.69) is 10.3 Å². The van der Waals surface area contributed by atoms with Gasteiger partial charge < -0.3 is 0 Å². The van der Waals surface area contributed by atoms with Crippen LogP contribution in [0.1, 0.15) is 19.4 Å². The molecular formula is C13H14ClN3. The first-order valence-corrected chi connectivity index (χ1v) is 5.66. The fraction of sp³-hybridized carbons (Fsp3) is 0.231. The molecule has 88 valence electrons. The lowest BCUT2D eigenvalue weighted by atomic mass is 10.2. The molecule has 0 radical (unpaired) electrons. The van der Waals surface area contributed by atoms with Crippen LogP contribution in [0.2, 0.25) is 5.02 Å². The quantitative estimate of drug-likeness (QED) is 0.386. The molecule has 0 amide bonds. The summed E-state index contributed by atoms with van der Waals surface area (Å²) < 4.78 is 0. The van der Waals surface area contributed by atoms with Crippen LogP contribution in [0, 0.1) is 11.5 Å². The van der Waals surface area contributed by atoms with E-state index in [0.29, 0.717) is 10.9 Å². The molecule has 0 saturated carbocycles. The van der Waals surface area contributed by atoms with Crippen molar-refractivity contribution in [1.82, 2.24) is 5.32 Å². The van der Waals surface area contributed by atoms with Gasteiger partial charge in [0.2, 0.25) is 0 Å². The topological polar surface area (TPSA) is 48.2 Å². The molecule has 0 bridgehead atoms. The highest BCUT2D eigenvalue weighted by Gasteiger charge is 1.95. The molecule has 0 heterocycles. The van der Waals surface area contributed by atoms with Crippen molar-refractivity contribution in [2.75, 3.05) is 0 Å². The first-order chi connectivity index (χ1) is 8.11. The lowest BCUT2D eigenvalue weighted by Crippen LogP contribution is -2.16. The zero-order valence-electron chi connectivity index (χ0n) is 9.81. The molecular weight excluding hydrogens is 234 g/mol. The molecule has 17 heavy (non-hydrogen) atoms. The second-order valence-corrected chi connectivity index (χ2v) is 4.17. The first-order valence-electron chi connectivity index (χ1n) is 5.28. The Labute approximate surface area is 106 Å². The van der Waals surface area contributed by atoms with Crippen LogP contribution in [0.4, 0.5) is 0 Å². The Kier molecular flexibility index (Phi) is 5.25. The summed E-state index contributed by atoms with van der Waals surface area (Å²) in [6.45, 7) is 3.91. The minimum atomic E-state index is 0.140. The van der Waals surface area contributed by atoms with Crippen LogP contribution >= 0.6 is 11.6 Å². The summed E-state index contributed by atoms with van der Waals surface area (Å²) in [5, 5.41) is 11.8. The molecule has 1 rings (SSSR count). The molecule has 4 heteroatoms. The van der Waals surface area contributed by atoms with E-state index in [1.54, 1.807) is 6.08 Å². The lowest BCUT2D eigenvalue weighted by molar-refractivity contribution is 0.831. The molecule has 1 aromatic rings. The Morgan fingerprint density at radius 2 is 2.06 bits per heavy atom. The maximum Gasteiger partial charge on any atom is 0.182 e. The predicted octanol–water partition coefficient (Wildman–Crippen LogP) is 3.23. The van der Waals surface area contributed by atoms with Gasteiger partial charge in [-0.2, -0.15) is 5.26 Å². The van der Waals surface area contributed by atoms with E-state index < -0.39 is 0 Å². The van der Waals surface area contributed by atoms with Gasteiger partial charge in [-0.1, -0.05) is 29.8 Å². The zero-order valence-corrected chi connectivity index (χ0v) is 10.6. The molecule has 0 unspecified atom stereocenters. The third kappa shape index (κ3) is 5.19. The molecule has 0 aliphatic carbocycles. The van der Waals surface area contributed by atoms with Crippen molar-refractivity contribution in [2.45, 2.75) is 19.9 Å². The first kappa shape index (κ1) is 13.3. The Bertz CT molecular complexity index is 453. The van der Waals surface area contributed by atoms with Crippen LogP contribution in [0.3, 0.4) is 0 Å². The second kappa shape index (κ2) is 6.72. The van der Waals surface area contributed by atoms with Gasteiger partial charge in [-0.25, -0.2) is 0 Å². The maximum atomic E-state index is 8.59. The van der Waals surface area contributed by atoms with Crippen LogP contribution in [0.25, 0.3) is 6.08 Å². The molecule has 1 aromatic carbocycles. The van der Waals surface area contributed by atoms with Crippen molar-refractivity contribution in [3.63, 3.8) is 0 Å². The summed E-state index contributed by atoms with van der Waals surface area (Å²) in [7, 11) is 0. The molecule has 3 nitrogen and oxygen atoms in total. The largest absolute Gasteiger partial charge is 0.277 e. The Hall–Kier alpha value is -1.79. The summed E-state index contributed by atoms with van der Waals surface area (Å²) in [6.07, 6.45) is 5.51. The number of rotatable bonds is 3. The number of nitrogens with zero attached hydrogens (tertiary/aromatic N) is 2. The Morgan fingerprint density at radius 1 is 1.41 bits per heavy atom. The highest BCUT2D eigenvalue weighted by atomic mass is 35.5. The third-order valence-corrected chi connectivity index (χ3v) is 2.14. The molecule has 0 aromatic heterocycles. The fourth-order valence-electron chi connectivity index (χ4n) is 1.20. The van der Waals surface area contributed by atoms with Gasteiger partial charge in [-0.05, 0) is 37.6 Å². The smallest absolute Gasteiger partial charge is 0.182 e. The van der Waals surface area contributed by atoms with Crippen molar-refractivity contribution in [1.29, 1.82) is 5.26 Å². The van der Waals surface area contributed by atoms with E-state index in [9.17, 15) is 0 Å². The standard InChI is InChI=1S/C13H14ClN3/c1-10(2)17-13(16-9-15)8-5-11-3-6-12(14)7-4-11/h3-8,10H,1-2H3,(H,16,17). The van der Waals surface area contributed by atoms with Crippen molar-refractivity contribution in [2.24, 2.45) is 4.99 Å². The normalized spacial score (nSPS) is 11.8. The van der Waals surface area contributed by atoms with Gasteiger partial charge in [-0.15, -0.1) is 0 Å². The summed E-state index contributed by atoms with van der Waals surface area (Å²) in [5.74, 6) is 0.553. The highest BCUT2D eigenvalue weighted by molar-refractivity contribution is 6.30. The van der Waals surface area contributed by atoms with Crippen LogP contribution in [-0.2, 0) is 0 Å². The van der Waals surface area contributed by atoms with Crippen LogP contribution in [0.15, 0.2) is 35.3 Å². The molecule has 0 aliphatic rings. The predicted molar refractivity (Wildman–Crippen MR) is 71.8 cm³/mol. The van der Waals surface area contributed by atoms with Gasteiger partial charge in [0.25, 0.3) is 0 Å². The molecule has 1 N–H and O–H groups in total. The van der Waals surface area contributed by atoms with Gasteiger partial charge in [0.05, 0.1) is 0 Å². The van der Waals surface area contributed by atoms with Gasteiger partial charge in [-0.3, -0.25) is 10.3 Å². The average Bonchev–Trinajstić information content (AvgIpc) is 2.27. The van der Waals surface area contributed by atoms with E-state index in [4.69, 9.17) is 16.9 Å². The van der Waals surface area contributed by atoms with E-state index in [1.807, 2.05) is 50.4 Å². The van der Waals surface area contributed by atoms with Gasteiger partial charge >= 0.3 is 0 Å². The molecule has 0 aliphatic heterocycles. The zero-order chi connectivity index (χ0) is 12.7. The van der Waals surface area contributed by atoms with Crippen molar-refractivity contribution >= 4 is 23.5 Å². The minimum Gasteiger partial charge on any atom is -0.277 e. The second-order valence-electron chi connectivity index (χ2n) is 3.73. The molecule has 0 fully saturated rings. The van der Waals surface area contributed by atoms with Crippen LogP contribution in [0.5, 0.6) is 0 Å². The number of nitrogens with one attached hydrogen (secondary N) is 1. The van der Waals surface area contributed by atoms with Gasteiger partial charge in [0.15, 0.2) is 6.19 Å². The van der Waals surface area contributed by atoms with Crippen molar-refractivity contribution < 1.29 is 0 Å². The molecule has 0 spiro atoms. The fourth-order valence-corrected chi connectivity index (χ4v) is 1.33. The lowest BCUT2D eigenvalue weighted by Gasteiger charge is -2.01. The van der Waals surface area contributed by atoms with Crippen molar-refractivity contribution in [3.05, 3.63) is 40.9 Å². The van der Waals surface area contributed by atoms with E-state index in [0.717, 1.165) is 5.56 Å². The molecule has 0 atom stereocenters. The SMILES string of the molecule is CC(C)N=C(C=Cc1ccc(Cl)cc1)NC#N. The number of halogens is 1. The molecule has 0 saturated heterocycles. The minimum absolute atomic E-state index is 0.140. The number of benzene rings is 1. The van der Waals surface area contributed by atoms with Crippen LogP contribution < -0.4 is 5.32 Å². The summed E-state index contributed by atoms with van der Waals surface area (Å²) in [5.41, 5.74) is 1.01. The average molecular weight is 248 g/mol. The highest BCUT2D eigenvalue weighted by Crippen LogP contribution is 2.10. The summed E-state index contributed by atoms with van der Waals surface area (Å²) in [4.78, 5) is 4.27. The number of nitriles is 1. The number of amidine groups is 1. The van der Waals surface area contributed by atoms with Gasteiger partial charge in [0, 0.05) is 11.1 Å². The number of hydrogen-bond donors (Lipinski definition) is 1. The van der Waals surface area contributed by atoms with Crippen LogP contribution in [-0.4, -0.2) is 11.9 Å². The Balaban J connectivity index is 2.80. The van der Waals surface area contributed by atoms with E-state index >= 15 is 0 Å². The van der Waals surface area contributed by atoms with E-state index in [1.165, 1.54) is 0 Å².